The van der Waals surface area contributed by atoms with Gasteiger partial charge in [-0.3, -0.25) is 0 Å². The monoisotopic (exact) mass is 162 g/mol. The standard InChI is InChI=1S/C11H14O/c1-9(2)3-4-10-5-7-11(12)8-6-10/h5-8,12H,1,3-4H2,2H3. The average Bonchev–Trinajstić information content (AvgIpc) is 2.03. The van der Waals surface area contributed by atoms with E-state index in [1.807, 2.05) is 19.1 Å². The number of phenolic OH excluding ortho intramolecular Hbond substituents is 1. The van der Waals surface area contributed by atoms with Crippen molar-refractivity contribution in [3.63, 3.8) is 0 Å². The second-order valence-electron chi connectivity index (χ2n) is 3.12. The minimum absolute atomic E-state index is 0.328. The van der Waals surface area contributed by atoms with Crippen LogP contribution < -0.4 is 0 Å². The highest BCUT2D eigenvalue weighted by molar-refractivity contribution is 5.26. The van der Waals surface area contributed by atoms with Crippen LogP contribution in [-0.4, -0.2) is 5.11 Å². The molecule has 0 aliphatic rings. The van der Waals surface area contributed by atoms with E-state index in [9.17, 15) is 0 Å². The Kier molecular flexibility index (Phi) is 2.92. The molecular formula is C11H14O. The highest BCUT2D eigenvalue weighted by atomic mass is 16.3. The van der Waals surface area contributed by atoms with E-state index in [1.54, 1.807) is 12.1 Å². The molecule has 0 aliphatic carbocycles. The van der Waals surface area contributed by atoms with Gasteiger partial charge in [0, 0.05) is 0 Å². The van der Waals surface area contributed by atoms with Gasteiger partial charge in [-0.05, 0) is 37.5 Å². The van der Waals surface area contributed by atoms with Crippen LogP contribution in [0, 0.1) is 0 Å². The van der Waals surface area contributed by atoms with Crippen molar-refractivity contribution in [3.8, 4) is 5.75 Å². The zero-order valence-electron chi connectivity index (χ0n) is 7.38. The normalized spacial score (nSPS) is 9.75. The molecule has 64 valence electrons. The van der Waals surface area contributed by atoms with Gasteiger partial charge in [-0.25, -0.2) is 0 Å². The minimum atomic E-state index is 0.328. The average molecular weight is 162 g/mol. The summed E-state index contributed by atoms with van der Waals surface area (Å²) >= 11 is 0. The van der Waals surface area contributed by atoms with Gasteiger partial charge in [-0.1, -0.05) is 17.7 Å². The van der Waals surface area contributed by atoms with E-state index in [4.69, 9.17) is 5.11 Å². The van der Waals surface area contributed by atoms with Crippen molar-refractivity contribution in [1.29, 1.82) is 0 Å². The third-order valence-electron chi connectivity index (χ3n) is 1.78. The number of benzene rings is 1. The van der Waals surface area contributed by atoms with Crippen molar-refractivity contribution in [3.05, 3.63) is 42.0 Å². The molecule has 0 unspecified atom stereocenters. The van der Waals surface area contributed by atoms with Crippen LogP contribution in [0.1, 0.15) is 18.9 Å². The Bertz CT molecular complexity index is 259. The summed E-state index contributed by atoms with van der Waals surface area (Å²) < 4.78 is 0. The van der Waals surface area contributed by atoms with Crippen molar-refractivity contribution in [1.82, 2.24) is 0 Å². The van der Waals surface area contributed by atoms with E-state index in [0.29, 0.717) is 5.75 Å². The molecule has 0 aromatic heterocycles. The van der Waals surface area contributed by atoms with Gasteiger partial charge in [0.1, 0.15) is 5.75 Å². The van der Waals surface area contributed by atoms with E-state index in [2.05, 4.69) is 6.58 Å². The molecule has 0 fully saturated rings. The molecular weight excluding hydrogens is 148 g/mol. The van der Waals surface area contributed by atoms with Crippen molar-refractivity contribution in [2.75, 3.05) is 0 Å². The van der Waals surface area contributed by atoms with Crippen LogP contribution in [0.5, 0.6) is 5.75 Å². The second-order valence-corrected chi connectivity index (χ2v) is 3.12. The van der Waals surface area contributed by atoms with E-state index in [-0.39, 0.29) is 0 Å². The van der Waals surface area contributed by atoms with Crippen LogP contribution in [-0.2, 0) is 6.42 Å². The van der Waals surface area contributed by atoms with Crippen molar-refractivity contribution in [2.24, 2.45) is 0 Å². The molecule has 0 heterocycles. The first-order valence-electron chi connectivity index (χ1n) is 4.11. The first-order valence-corrected chi connectivity index (χ1v) is 4.11. The van der Waals surface area contributed by atoms with Gasteiger partial charge < -0.3 is 5.11 Å². The first-order chi connectivity index (χ1) is 5.68. The maximum atomic E-state index is 9.02. The number of hydrogen-bond donors (Lipinski definition) is 1. The molecule has 12 heavy (non-hydrogen) atoms. The van der Waals surface area contributed by atoms with Crippen molar-refractivity contribution in [2.45, 2.75) is 19.8 Å². The lowest BCUT2D eigenvalue weighted by molar-refractivity contribution is 0.475. The summed E-state index contributed by atoms with van der Waals surface area (Å²) in [5, 5.41) is 9.02. The predicted octanol–water partition coefficient (Wildman–Crippen LogP) is 2.90. The van der Waals surface area contributed by atoms with Gasteiger partial charge in [0.2, 0.25) is 0 Å². The van der Waals surface area contributed by atoms with Gasteiger partial charge in [0.15, 0.2) is 0 Å². The van der Waals surface area contributed by atoms with Crippen LogP contribution in [0.2, 0.25) is 0 Å². The summed E-state index contributed by atoms with van der Waals surface area (Å²) in [6.45, 7) is 5.87. The fourth-order valence-electron chi connectivity index (χ4n) is 1.02. The molecule has 0 aliphatic heterocycles. The molecule has 0 saturated heterocycles. The lowest BCUT2D eigenvalue weighted by Crippen LogP contribution is -1.84. The van der Waals surface area contributed by atoms with Crippen LogP contribution in [0.4, 0.5) is 0 Å². The molecule has 1 aromatic carbocycles. The summed E-state index contributed by atoms with van der Waals surface area (Å²) in [5.41, 5.74) is 2.44. The Morgan fingerprint density at radius 2 is 1.92 bits per heavy atom. The van der Waals surface area contributed by atoms with Gasteiger partial charge >= 0.3 is 0 Å². The summed E-state index contributed by atoms with van der Waals surface area (Å²) in [6, 6.07) is 7.32. The molecule has 0 radical (unpaired) electrons. The predicted molar refractivity (Wildman–Crippen MR) is 51.2 cm³/mol. The molecule has 1 heteroatoms. The maximum Gasteiger partial charge on any atom is 0.115 e. The maximum absolute atomic E-state index is 9.02. The zero-order valence-corrected chi connectivity index (χ0v) is 7.38. The Balaban J connectivity index is 2.53. The number of phenols is 1. The number of hydrogen-bond acceptors (Lipinski definition) is 1. The smallest absolute Gasteiger partial charge is 0.115 e. The third kappa shape index (κ3) is 2.79. The lowest BCUT2D eigenvalue weighted by Gasteiger charge is -2.00. The lowest BCUT2D eigenvalue weighted by atomic mass is 10.1. The number of aryl methyl sites for hydroxylation is 1. The molecule has 0 bridgehead atoms. The summed E-state index contributed by atoms with van der Waals surface area (Å²) in [5.74, 6) is 0.328. The van der Waals surface area contributed by atoms with Crippen molar-refractivity contribution < 1.29 is 5.11 Å². The number of allylic oxidation sites excluding steroid dienone is 1. The molecule has 0 amide bonds. The fraction of sp³-hybridized carbons (Fsp3) is 0.273. The highest BCUT2D eigenvalue weighted by Crippen LogP contribution is 2.12. The Labute approximate surface area is 73.4 Å². The summed E-state index contributed by atoms with van der Waals surface area (Å²) in [7, 11) is 0. The van der Waals surface area contributed by atoms with Crippen LogP contribution in [0.25, 0.3) is 0 Å². The Morgan fingerprint density at radius 1 is 1.33 bits per heavy atom. The largest absolute Gasteiger partial charge is 0.508 e. The van der Waals surface area contributed by atoms with E-state index in [1.165, 1.54) is 11.1 Å². The van der Waals surface area contributed by atoms with Crippen LogP contribution in [0.15, 0.2) is 36.4 Å². The molecule has 0 spiro atoms. The van der Waals surface area contributed by atoms with Gasteiger partial charge in [0.25, 0.3) is 0 Å². The van der Waals surface area contributed by atoms with E-state index < -0.39 is 0 Å². The number of aromatic hydroxyl groups is 1. The number of rotatable bonds is 3. The minimum Gasteiger partial charge on any atom is -0.508 e. The molecule has 1 nitrogen and oxygen atoms in total. The quantitative estimate of drug-likeness (QED) is 0.677. The summed E-state index contributed by atoms with van der Waals surface area (Å²) in [4.78, 5) is 0. The Hall–Kier alpha value is -1.24. The molecule has 0 saturated carbocycles. The van der Waals surface area contributed by atoms with Gasteiger partial charge in [-0.15, -0.1) is 6.58 Å². The zero-order chi connectivity index (χ0) is 8.97. The Morgan fingerprint density at radius 3 is 2.42 bits per heavy atom. The molecule has 0 atom stereocenters. The fourth-order valence-corrected chi connectivity index (χ4v) is 1.02. The third-order valence-corrected chi connectivity index (χ3v) is 1.78. The SMILES string of the molecule is C=C(C)CCc1ccc(O)cc1. The van der Waals surface area contributed by atoms with Gasteiger partial charge in [0.05, 0.1) is 0 Å². The van der Waals surface area contributed by atoms with Crippen LogP contribution in [0.3, 0.4) is 0 Å². The summed E-state index contributed by atoms with van der Waals surface area (Å²) in [6.07, 6.45) is 2.03. The first kappa shape index (κ1) is 8.85. The van der Waals surface area contributed by atoms with E-state index >= 15 is 0 Å². The molecule has 1 aromatic rings. The topological polar surface area (TPSA) is 20.2 Å². The second kappa shape index (κ2) is 3.96. The van der Waals surface area contributed by atoms with Crippen molar-refractivity contribution >= 4 is 0 Å². The van der Waals surface area contributed by atoms with E-state index in [0.717, 1.165) is 12.8 Å². The van der Waals surface area contributed by atoms with Gasteiger partial charge in [-0.2, -0.15) is 0 Å². The molecule has 1 N–H and O–H groups in total. The molecule has 1 rings (SSSR count). The van der Waals surface area contributed by atoms with Crippen LogP contribution >= 0.6 is 0 Å². The highest BCUT2D eigenvalue weighted by Gasteiger charge is 1.93.